The molecule has 29 heavy (non-hydrogen) atoms. The molecule has 1 aromatic carbocycles. The van der Waals surface area contributed by atoms with Gasteiger partial charge in [0.25, 0.3) is 5.91 Å². The summed E-state index contributed by atoms with van der Waals surface area (Å²) < 4.78 is 7.86. The lowest BCUT2D eigenvalue weighted by Crippen LogP contribution is -2.35. The van der Waals surface area contributed by atoms with E-state index in [0.717, 1.165) is 57.4 Å². The molecule has 1 aromatic heterocycles. The number of nitrogens with two attached hydrogens (primary N) is 1. The molecule has 0 unspecified atom stereocenters. The van der Waals surface area contributed by atoms with Crippen molar-refractivity contribution in [2.75, 3.05) is 25.5 Å². The first-order chi connectivity index (χ1) is 14.1. The summed E-state index contributed by atoms with van der Waals surface area (Å²) in [5.74, 6) is 0.576. The number of carbonyl (C=O) groups is 1. The van der Waals surface area contributed by atoms with Gasteiger partial charge in [-0.3, -0.25) is 4.79 Å². The van der Waals surface area contributed by atoms with E-state index in [1.807, 2.05) is 24.3 Å². The average molecular weight is 399 g/mol. The molecule has 1 saturated heterocycles. The molecule has 2 aliphatic rings. The van der Waals surface area contributed by atoms with E-state index < -0.39 is 0 Å². The normalized spacial score (nSPS) is 23.7. The van der Waals surface area contributed by atoms with Gasteiger partial charge in [0.15, 0.2) is 5.69 Å². The molecule has 2 aromatic rings. The highest BCUT2D eigenvalue weighted by atomic mass is 16.5. The number of ether oxygens (including phenoxy) is 1. The minimum Gasteiger partial charge on any atom is -0.490 e. The van der Waals surface area contributed by atoms with Crippen LogP contribution in [0.1, 0.15) is 55.1 Å². The number of benzene rings is 1. The van der Waals surface area contributed by atoms with Crippen molar-refractivity contribution in [1.29, 1.82) is 0 Å². The Morgan fingerprint density at radius 3 is 2.48 bits per heavy atom. The molecule has 0 spiro atoms. The van der Waals surface area contributed by atoms with Gasteiger partial charge in [-0.05, 0) is 69.8 Å². The zero-order valence-electron chi connectivity index (χ0n) is 17.0. The SMILES string of the molecule is CN1CCC(Oc2ccc(NC(=O)c3cn(C4CCC(N)CC4)nn3)cc2)CC1. The number of anilines is 1. The number of aromatic nitrogens is 3. The van der Waals surface area contributed by atoms with E-state index in [1.54, 1.807) is 10.9 Å². The van der Waals surface area contributed by atoms with E-state index in [2.05, 4.69) is 27.6 Å². The Hall–Kier alpha value is -2.45. The van der Waals surface area contributed by atoms with Crippen LogP contribution in [0.25, 0.3) is 0 Å². The minimum absolute atomic E-state index is 0.257. The summed E-state index contributed by atoms with van der Waals surface area (Å²) in [6.07, 6.45) is 7.99. The molecule has 1 amide bonds. The summed E-state index contributed by atoms with van der Waals surface area (Å²) in [6, 6.07) is 8.07. The zero-order chi connectivity index (χ0) is 20.2. The van der Waals surface area contributed by atoms with Crippen molar-refractivity contribution in [1.82, 2.24) is 19.9 Å². The lowest BCUT2D eigenvalue weighted by molar-refractivity contribution is 0.102. The van der Waals surface area contributed by atoms with Gasteiger partial charge in [-0.25, -0.2) is 4.68 Å². The number of nitrogens with zero attached hydrogens (tertiary/aromatic N) is 4. The van der Waals surface area contributed by atoms with E-state index in [1.165, 1.54) is 0 Å². The van der Waals surface area contributed by atoms with Crippen molar-refractivity contribution < 1.29 is 9.53 Å². The number of likely N-dealkylation sites (tertiary alicyclic amines) is 1. The maximum absolute atomic E-state index is 12.5. The fourth-order valence-corrected chi connectivity index (χ4v) is 4.03. The van der Waals surface area contributed by atoms with Crippen LogP contribution in [0.15, 0.2) is 30.5 Å². The first-order valence-corrected chi connectivity index (χ1v) is 10.5. The second kappa shape index (κ2) is 8.92. The summed E-state index contributed by atoms with van der Waals surface area (Å²) in [7, 11) is 2.14. The third kappa shape index (κ3) is 5.13. The Balaban J connectivity index is 1.30. The van der Waals surface area contributed by atoms with Crippen molar-refractivity contribution in [3.05, 3.63) is 36.2 Å². The number of rotatable bonds is 5. The van der Waals surface area contributed by atoms with Gasteiger partial charge in [0.2, 0.25) is 0 Å². The Kier molecular flexibility index (Phi) is 6.10. The Bertz CT molecular complexity index is 805. The predicted octanol–water partition coefficient (Wildman–Crippen LogP) is 2.45. The molecule has 8 nitrogen and oxygen atoms in total. The highest BCUT2D eigenvalue weighted by Crippen LogP contribution is 2.27. The molecule has 0 bridgehead atoms. The molecule has 8 heteroatoms. The fourth-order valence-electron chi connectivity index (χ4n) is 4.03. The van der Waals surface area contributed by atoms with E-state index in [0.29, 0.717) is 11.4 Å². The van der Waals surface area contributed by atoms with Crippen LogP contribution in [-0.2, 0) is 0 Å². The standard InChI is InChI=1S/C21H30N6O2/c1-26-12-10-19(11-13-26)29-18-8-4-16(5-9-18)23-21(28)20-14-27(25-24-20)17-6-2-15(22)3-7-17/h4-5,8-9,14-15,17,19H,2-3,6-7,10-13,22H2,1H3,(H,23,28). The molecule has 1 aliphatic carbocycles. The lowest BCUT2D eigenvalue weighted by atomic mass is 9.92. The molecule has 2 fully saturated rings. The molecule has 2 heterocycles. The van der Waals surface area contributed by atoms with E-state index in [-0.39, 0.29) is 24.1 Å². The van der Waals surface area contributed by atoms with Gasteiger partial charge < -0.3 is 20.7 Å². The maximum atomic E-state index is 12.5. The van der Waals surface area contributed by atoms with Crippen molar-refractivity contribution in [3.8, 4) is 5.75 Å². The predicted molar refractivity (Wildman–Crippen MR) is 111 cm³/mol. The van der Waals surface area contributed by atoms with E-state index in [9.17, 15) is 4.79 Å². The van der Waals surface area contributed by atoms with Gasteiger partial charge >= 0.3 is 0 Å². The van der Waals surface area contributed by atoms with Crippen molar-refractivity contribution in [2.45, 2.75) is 56.7 Å². The first kappa shape index (κ1) is 19.8. The second-order valence-corrected chi connectivity index (χ2v) is 8.25. The molecule has 156 valence electrons. The van der Waals surface area contributed by atoms with Gasteiger partial charge in [-0.2, -0.15) is 0 Å². The Morgan fingerprint density at radius 1 is 1.10 bits per heavy atom. The molecule has 4 rings (SSSR count). The molecule has 3 N–H and O–H groups in total. The van der Waals surface area contributed by atoms with Crippen molar-refractivity contribution >= 4 is 11.6 Å². The molecular weight excluding hydrogens is 368 g/mol. The van der Waals surface area contributed by atoms with Gasteiger partial charge in [-0.1, -0.05) is 5.21 Å². The first-order valence-electron chi connectivity index (χ1n) is 10.5. The number of nitrogens with one attached hydrogen (secondary N) is 1. The van der Waals surface area contributed by atoms with E-state index >= 15 is 0 Å². The average Bonchev–Trinajstić information content (AvgIpc) is 3.22. The minimum atomic E-state index is -0.257. The second-order valence-electron chi connectivity index (χ2n) is 8.25. The van der Waals surface area contributed by atoms with Crippen LogP contribution in [0, 0.1) is 0 Å². The summed E-state index contributed by atoms with van der Waals surface area (Å²) in [5, 5.41) is 11.1. The van der Waals surface area contributed by atoms with Crippen LogP contribution in [0.5, 0.6) is 5.75 Å². The molecule has 0 atom stereocenters. The quantitative estimate of drug-likeness (QED) is 0.803. The van der Waals surface area contributed by atoms with Gasteiger partial charge in [0, 0.05) is 24.8 Å². The number of hydrogen-bond acceptors (Lipinski definition) is 6. The molecule has 1 saturated carbocycles. The summed E-state index contributed by atoms with van der Waals surface area (Å²) in [6.45, 7) is 2.13. The largest absolute Gasteiger partial charge is 0.490 e. The van der Waals surface area contributed by atoms with Gasteiger partial charge in [-0.15, -0.1) is 5.10 Å². The van der Waals surface area contributed by atoms with Crippen LogP contribution < -0.4 is 15.8 Å². The number of piperidine rings is 1. The van der Waals surface area contributed by atoms with Crippen molar-refractivity contribution in [3.63, 3.8) is 0 Å². The third-order valence-corrected chi connectivity index (χ3v) is 5.94. The fraction of sp³-hybridized carbons (Fsp3) is 0.571. The summed E-state index contributed by atoms with van der Waals surface area (Å²) >= 11 is 0. The third-order valence-electron chi connectivity index (χ3n) is 5.94. The van der Waals surface area contributed by atoms with Gasteiger partial charge in [0.1, 0.15) is 11.9 Å². The van der Waals surface area contributed by atoms with Gasteiger partial charge in [0.05, 0.1) is 12.2 Å². The van der Waals surface area contributed by atoms with Crippen LogP contribution >= 0.6 is 0 Å². The highest BCUT2D eigenvalue weighted by molar-refractivity contribution is 6.02. The van der Waals surface area contributed by atoms with E-state index in [4.69, 9.17) is 10.5 Å². The maximum Gasteiger partial charge on any atom is 0.277 e. The summed E-state index contributed by atoms with van der Waals surface area (Å²) in [4.78, 5) is 14.8. The molecule has 1 aliphatic heterocycles. The Labute approximate surface area is 171 Å². The zero-order valence-corrected chi connectivity index (χ0v) is 17.0. The Morgan fingerprint density at radius 2 is 1.79 bits per heavy atom. The highest BCUT2D eigenvalue weighted by Gasteiger charge is 2.22. The monoisotopic (exact) mass is 398 g/mol. The topological polar surface area (TPSA) is 98.3 Å². The number of carbonyl (C=O) groups excluding carboxylic acids is 1. The smallest absolute Gasteiger partial charge is 0.277 e. The van der Waals surface area contributed by atoms with Crippen LogP contribution in [0.3, 0.4) is 0 Å². The van der Waals surface area contributed by atoms with Crippen molar-refractivity contribution in [2.24, 2.45) is 5.73 Å². The van der Waals surface area contributed by atoms with Crippen LogP contribution in [0.4, 0.5) is 5.69 Å². The molecule has 0 radical (unpaired) electrons. The summed E-state index contributed by atoms with van der Waals surface area (Å²) in [5.41, 5.74) is 7.00. The molecular formula is C21H30N6O2. The van der Waals surface area contributed by atoms with Crippen LogP contribution in [0.2, 0.25) is 0 Å². The number of hydrogen-bond donors (Lipinski definition) is 2. The van der Waals surface area contributed by atoms with Crippen LogP contribution in [-0.4, -0.2) is 58.1 Å². The number of amides is 1. The lowest BCUT2D eigenvalue weighted by Gasteiger charge is -2.29.